The number of Topliss-reactive ketones (excluding diaryl/α,β-unsaturated/α-hetero) is 1. The maximum absolute atomic E-state index is 12.3. The van der Waals surface area contributed by atoms with Gasteiger partial charge in [-0.15, -0.1) is 0 Å². The summed E-state index contributed by atoms with van der Waals surface area (Å²) in [7, 11) is 2.57. The quantitative estimate of drug-likeness (QED) is 0.535. The third-order valence-electron chi connectivity index (χ3n) is 3.94. The molecule has 27 heavy (non-hydrogen) atoms. The van der Waals surface area contributed by atoms with E-state index in [0.29, 0.717) is 17.9 Å². The number of ketones is 1. The third kappa shape index (κ3) is 4.43. The molecule has 0 bridgehead atoms. The topological polar surface area (TPSA) is 123 Å². The van der Waals surface area contributed by atoms with E-state index in [2.05, 4.69) is 0 Å². The van der Waals surface area contributed by atoms with Gasteiger partial charge < -0.3 is 15.2 Å². The second kappa shape index (κ2) is 8.35. The molecule has 2 aromatic rings. The maximum atomic E-state index is 12.3. The predicted molar refractivity (Wildman–Crippen MR) is 97.9 cm³/mol. The summed E-state index contributed by atoms with van der Waals surface area (Å²) in [6, 6.07) is 6.89. The molecule has 9 heteroatoms. The normalized spacial score (nSPS) is 10.5. The zero-order chi connectivity index (χ0) is 20.1. The molecule has 2 rings (SSSR count). The lowest BCUT2D eigenvalue weighted by atomic mass is 10.1. The van der Waals surface area contributed by atoms with Gasteiger partial charge in [-0.05, 0) is 24.6 Å². The lowest BCUT2D eigenvalue weighted by molar-refractivity contribution is -0.141. The number of anilines is 1. The van der Waals surface area contributed by atoms with Gasteiger partial charge in [-0.3, -0.25) is 23.5 Å². The summed E-state index contributed by atoms with van der Waals surface area (Å²) in [6.07, 6.45) is -0.0412. The summed E-state index contributed by atoms with van der Waals surface area (Å²) in [5.74, 6) is -0.988. The number of aromatic nitrogens is 2. The van der Waals surface area contributed by atoms with Gasteiger partial charge in [-0.2, -0.15) is 0 Å². The number of rotatable bonds is 7. The molecule has 0 aliphatic rings. The van der Waals surface area contributed by atoms with Crippen LogP contribution in [0.4, 0.5) is 5.82 Å². The Morgan fingerprint density at radius 2 is 1.70 bits per heavy atom. The molecule has 2 N–H and O–H groups in total. The van der Waals surface area contributed by atoms with Crippen molar-refractivity contribution in [3.05, 3.63) is 56.2 Å². The van der Waals surface area contributed by atoms with Gasteiger partial charge >= 0.3 is 11.7 Å². The van der Waals surface area contributed by atoms with Crippen molar-refractivity contribution in [3.63, 3.8) is 0 Å². The SMILES string of the molecule is CCOc1ccc(CC(=O)OCC(=O)c2c(N)n(C)c(=O)n(C)c2=O)cc1. The van der Waals surface area contributed by atoms with Crippen LogP contribution in [0.3, 0.4) is 0 Å². The van der Waals surface area contributed by atoms with Gasteiger partial charge in [0, 0.05) is 14.1 Å². The van der Waals surface area contributed by atoms with Crippen molar-refractivity contribution in [2.45, 2.75) is 13.3 Å². The number of hydrogen-bond donors (Lipinski definition) is 1. The van der Waals surface area contributed by atoms with Gasteiger partial charge in [0.1, 0.15) is 17.1 Å². The Morgan fingerprint density at radius 1 is 1.07 bits per heavy atom. The third-order valence-corrected chi connectivity index (χ3v) is 3.94. The fourth-order valence-electron chi connectivity index (χ4n) is 2.43. The van der Waals surface area contributed by atoms with Crippen molar-refractivity contribution in [3.8, 4) is 5.75 Å². The number of esters is 1. The monoisotopic (exact) mass is 375 g/mol. The first-order valence-electron chi connectivity index (χ1n) is 8.22. The van der Waals surface area contributed by atoms with Crippen LogP contribution in [-0.2, 0) is 30.0 Å². The van der Waals surface area contributed by atoms with E-state index < -0.39 is 29.6 Å². The fourth-order valence-corrected chi connectivity index (χ4v) is 2.43. The average Bonchev–Trinajstić information content (AvgIpc) is 2.65. The minimum Gasteiger partial charge on any atom is -0.494 e. The molecule has 0 saturated carbocycles. The van der Waals surface area contributed by atoms with E-state index in [4.69, 9.17) is 15.2 Å². The highest BCUT2D eigenvalue weighted by molar-refractivity contribution is 6.01. The number of ether oxygens (including phenoxy) is 2. The Hall–Kier alpha value is -3.36. The van der Waals surface area contributed by atoms with Gasteiger partial charge in [-0.1, -0.05) is 12.1 Å². The van der Waals surface area contributed by atoms with E-state index in [9.17, 15) is 19.2 Å². The van der Waals surface area contributed by atoms with E-state index in [0.717, 1.165) is 9.13 Å². The van der Waals surface area contributed by atoms with E-state index in [-0.39, 0.29) is 17.8 Å². The van der Waals surface area contributed by atoms with Crippen molar-refractivity contribution < 1.29 is 19.1 Å². The largest absolute Gasteiger partial charge is 0.494 e. The molecule has 0 unspecified atom stereocenters. The van der Waals surface area contributed by atoms with Crippen LogP contribution in [0.15, 0.2) is 33.9 Å². The van der Waals surface area contributed by atoms with Crippen LogP contribution in [0.1, 0.15) is 22.8 Å². The van der Waals surface area contributed by atoms with Crippen LogP contribution < -0.4 is 21.7 Å². The summed E-state index contributed by atoms with van der Waals surface area (Å²) in [6.45, 7) is 1.76. The van der Waals surface area contributed by atoms with Crippen molar-refractivity contribution in [1.29, 1.82) is 0 Å². The van der Waals surface area contributed by atoms with Crippen LogP contribution in [0.2, 0.25) is 0 Å². The highest BCUT2D eigenvalue weighted by atomic mass is 16.5. The first-order valence-corrected chi connectivity index (χ1v) is 8.22. The average molecular weight is 375 g/mol. The lowest BCUT2D eigenvalue weighted by Crippen LogP contribution is -2.42. The van der Waals surface area contributed by atoms with Crippen LogP contribution >= 0.6 is 0 Å². The van der Waals surface area contributed by atoms with E-state index in [1.54, 1.807) is 24.3 Å². The van der Waals surface area contributed by atoms with Gasteiger partial charge in [0.05, 0.1) is 13.0 Å². The van der Waals surface area contributed by atoms with E-state index >= 15 is 0 Å². The molecule has 1 aromatic carbocycles. The smallest absolute Gasteiger partial charge is 0.332 e. The molecule has 144 valence electrons. The summed E-state index contributed by atoms with van der Waals surface area (Å²) in [5.41, 5.74) is 4.52. The molecule has 9 nitrogen and oxygen atoms in total. The van der Waals surface area contributed by atoms with Crippen molar-refractivity contribution in [2.24, 2.45) is 14.1 Å². The summed E-state index contributed by atoms with van der Waals surface area (Å²) < 4.78 is 12.0. The molecule has 1 aromatic heterocycles. The van der Waals surface area contributed by atoms with Crippen LogP contribution in [0, 0.1) is 0 Å². The maximum Gasteiger partial charge on any atom is 0.332 e. The van der Waals surface area contributed by atoms with Crippen LogP contribution in [-0.4, -0.2) is 34.1 Å². The summed E-state index contributed by atoms with van der Waals surface area (Å²) in [4.78, 5) is 48.1. The van der Waals surface area contributed by atoms with E-state index in [1.165, 1.54) is 14.1 Å². The zero-order valence-electron chi connectivity index (χ0n) is 15.4. The Balaban J connectivity index is 2.04. The predicted octanol–water partition coefficient (Wildman–Crippen LogP) is 0.0335. The summed E-state index contributed by atoms with van der Waals surface area (Å²) in [5, 5.41) is 0. The number of carbonyl (C=O) groups is 2. The van der Waals surface area contributed by atoms with Gasteiger partial charge in [0.25, 0.3) is 5.56 Å². The van der Waals surface area contributed by atoms with Gasteiger partial charge in [-0.25, -0.2) is 4.79 Å². The number of benzene rings is 1. The first kappa shape index (κ1) is 20.0. The molecule has 0 radical (unpaired) electrons. The minimum atomic E-state index is -0.830. The molecule has 0 saturated heterocycles. The van der Waals surface area contributed by atoms with Crippen molar-refractivity contribution in [1.82, 2.24) is 9.13 Å². The molecule has 0 amide bonds. The molecule has 0 aliphatic heterocycles. The first-order chi connectivity index (χ1) is 12.8. The molecular formula is C18H21N3O6. The van der Waals surface area contributed by atoms with Crippen molar-refractivity contribution in [2.75, 3.05) is 18.9 Å². The van der Waals surface area contributed by atoms with Crippen LogP contribution in [0.25, 0.3) is 0 Å². The molecule has 0 fully saturated rings. The second-order valence-corrected chi connectivity index (χ2v) is 5.80. The standard InChI is InChI=1S/C18H21N3O6/c1-4-26-12-7-5-11(6-8-12)9-14(23)27-10-13(22)15-16(19)20(2)18(25)21(3)17(15)24/h5-8H,4,9-10,19H2,1-3H3. The molecule has 0 spiro atoms. The fraction of sp³-hybridized carbons (Fsp3) is 0.333. The molecule has 1 heterocycles. The highest BCUT2D eigenvalue weighted by Gasteiger charge is 2.21. The number of nitrogens with two attached hydrogens (primary N) is 1. The van der Waals surface area contributed by atoms with Crippen LogP contribution in [0.5, 0.6) is 5.75 Å². The van der Waals surface area contributed by atoms with Crippen molar-refractivity contribution >= 4 is 17.6 Å². The molecule has 0 atom stereocenters. The van der Waals surface area contributed by atoms with Gasteiger partial charge in [0.15, 0.2) is 6.61 Å². The number of nitrogens with zero attached hydrogens (tertiary/aromatic N) is 2. The molecular weight excluding hydrogens is 354 g/mol. The molecule has 0 aliphatic carbocycles. The Bertz CT molecular complexity index is 972. The zero-order valence-corrected chi connectivity index (χ0v) is 15.4. The highest BCUT2D eigenvalue weighted by Crippen LogP contribution is 2.13. The minimum absolute atomic E-state index is 0.0412. The number of hydrogen-bond acceptors (Lipinski definition) is 7. The van der Waals surface area contributed by atoms with E-state index in [1.807, 2.05) is 6.92 Å². The Morgan fingerprint density at radius 3 is 2.30 bits per heavy atom. The number of nitrogen functional groups attached to an aromatic ring is 1. The second-order valence-electron chi connectivity index (χ2n) is 5.80. The summed E-state index contributed by atoms with van der Waals surface area (Å²) >= 11 is 0. The van der Waals surface area contributed by atoms with Gasteiger partial charge in [0.2, 0.25) is 5.78 Å². The Labute approximate surface area is 154 Å². The number of carbonyl (C=O) groups excluding carboxylic acids is 2. The lowest BCUT2D eigenvalue weighted by Gasteiger charge is -2.11. The Kier molecular flexibility index (Phi) is 6.17.